The number of carboxylic acid groups (broad SMARTS) is 2. The normalized spacial score (nSPS) is 16.7. The minimum Gasteiger partial charge on any atom is -0.481 e. The van der Waals surface area contributed by atoms with E-state index in [0.29, 0.717) is 11.4 Å². The Balaban J connectivity index is 2.21. The Kier molecular flexibility index (Phi) is 56.4. The highest BCUT2D eigenvalue weighted by atomic mass is 32.1. The molecule has 43 N–H and O–H groups in total. The summed E-state index contributed by atoms with van der Waals surface area (Å²) in [4.78, 5) is 237. The van der Waals surface area contributed by atoms with Gasteiger partial charge in [-0.25, -0.2) is 9.97 Å². The summed E-state index contributed by atoms with van der Waals surface area (Å²) in [6.45, 7) is -5.34. The van der Waals surface area contributed by atoms with E-state index in [2.05, 4.69) is 112 Å². The number of nitrogens with zero attached hydrogens (tertiary/aromatic N) is 3. The maximum absolute atomic E-state index is 15.2. The van der Waals surface area contributed by atoms with Crippen LogP contribution in [0.25, 0.3) is 11.2 Å². The van der Waals surface area contributed by atoms with Gasteiger partial charge in [-0.1, -0.05) is 0 Å². The maximum atomic E-state index is 15.2. The van der Waals surface area contributed by atoms with Gasteiger partial charge in [0.2, 0.25) is 76.8 Å². The standard InChI is InChI=1S/C82H134N22O38S/c1-35(93-72(134)37-6-8-38(9-7-37)87-24-39-25-92-71-62(95-39)80(142)104-82(85)103-71)5-16-59(121)96-41(10-17-55(117)88-26-47(109)63(126)67(130)51(113)30-105)75(137)101-45(14-21-60(122)123)79(141)100-43(12-19-57(119)90-28-49(111)65(128)69(132)53(115)32-107)76(138)97-40(4-3-23-86-81(83)84)74(136)99-44(13-20-58(120)91-29-50(112)66(129)70(133)54(116)33-108)77(139)102-46(15-22-61(124)125)78(140)98-42(73(135)94-36(2)34-143)11-18-56(118)89-27-48(110)64(127)68(131)52(114)31-106/h6-9,25,35-36,40-54,63-70,87,105-116,126-133,143H,3-5,10-24,26-34H2,1-2H3,(H,88,117)(H,89,118)(H,90,119)(H,91,120)(H,93,134)(H,94,135)(H,96,121)(H,97,138)(H,98,140)(H,99,136)(H,100,141)(H,101,137)(H,102,139)(H,122,123)(H,124,125)(H4,83,84,86)(H3,85,92,103,104,142)/t35-,36-,40+,41+,42+,43+,44+,45+,46+,47+,48+,49+,50+,51-,52-,53-,54-,63-,64-,65-,66-,67-,68-,69-,70-/m1/s1. The molecule has 13 amide bonds. The number of carbonyl (C=O) groups is 15. The lowest BCUT2D eigenvalue weighted by Crippen LogP contribution is -2.60. The van der Waals surface area contributed by atoms with Gasteiger partial charge in [0.25, 0.3) is 11.5 Å². The number of aromatic nitrogens is 4. The van der Waals surface area contributed by atoms with Crippen molar-refractivity contribution in [3.63, 3.8) is 0 Å². The molecule has 61 heteroatoms. The smallest absolute Gasteiger partial charge is 0.303 e. The van der Waals surface area contributed by atoms with E-state index < -0.39 is 395 Å². The number of H-pyrrole nitrogens is 1. The molecule has 1 aromatic carbocycles. The van der Waals surface area contributed by atoms with Gasteiger partial charge in [-0.15, -0.1) is 0 Å². The van der Waals surface area contributed by atoms with E-state index in [-0.39, 0.29) is 54.4 Å². The molecule has 2 heterocycles. The number of carboxylic acids is 2. The van der Waals surface area contributed by atoms with E-state index >= 15 is 9.59 Å². The van der Waals surface area contributed by atoms with Gasteiger partial charge >= 0.3 is 11.9 Å². The van der Waals surface area contributed by atoms with Crippen molar-refractivity contribution in [2.24, 2.45) is 5.73 Å². The second-order valence-corrected chi connectivity index (χ2v) is 33.7. The van der Waals surface area contributed by atoms with Gasteiger partial charge in [-0.2, -0.15) is 17.6 Å². The van der Waals surface area contributed by atoms with Crippen LogP contribution in [-0.2, 0) is 73.7 Å². The molecule has 0 saturated heterocycles. The van der Waals surface area contributed by atoms with Crippen molar-refractivity contribution >= 4 is 130 Å². The van der Waals surface area contributed by atoms with Crippen LogP contribution < -0.4 is 96.8 Å². The third-order valence-electron chi connectivity index (χ3n) is 21.7. The topological polar surface area (TPSA) is 1030 Å². The van der Waals surface area contributed by atoms with Crippen molar-refractivity contribution in [3.05, 3.63) is 52.1 Å². The average molecular weight is 2070 g/mol. The maximum Gasteiger partial charge on any atom is 0.303 e. The van der Waals surface area contributed by atoms with E-state index in [1.807, 2.05) is 0 Å². The first-order valence-corrected chi connectivity index (χ1v) is 45.5. The van der Waals surface area contributed by atoms with Crippen molar-refractivity contribution in [3.8, 4) is 0 Å². The first kappa shape index (κ1) is 125. The van der Waals surface area contributed by atoms with Gasteiger partial charge in [-0.3, -0.25) is 87.1 Å². The summed E-state index contributed by atoms with van der Waals surface area (Å²) in [7, 11) is 0. The number of nitrogens with two attached hydrogens (primary N) is 2. The van der Waals surface area contributed by atoms with Gasteiger partial charge in [-0.05, 0) is 95.9 Å². The number of fused-ring (bicyclic) bond motifs is 1. The minimum absolute atomic E-state index is 0.00668. The van der Waals surface area contributed by atoms with E-state index in [9.17, 15) is 179 Å². The van der Waals surface area contributed by atoms with Crippen molar-refractivity contribution < 1.29 is 184 Å². The van der Waals surface area contributed by atoms with E-state index in [1.165, 1.54) is 44.3 Å². The number of benzene rings is 1. The quantitative estimate of drug-likeness (QED) is 0.0108. The fourth-order valence-corrected chi connectivity index (χ4v) is 13.1. The summed E-state index contributed by atoms with van der Waals surface area (Å²) in [6, 6.07) is -10.3. The Labute approximate surface area is 819 Å². The van der Waals surface area contributed by atoms with Crippen molar-refractivity contribution in [2.75, 3.05) is 76.0 Å². The number of carbonyl (C=O) groups excluding carboxylic acids is 13. The number of hydrogen-bond donors (Lipinski definition) is 42. The molecule has 0 aliphatic carbocycles. The molecular weight excluding hydrogens is 1930 g/mol. The zero-order valence-electron chi connectivity index (χ0n) is 77.7. The van der Waals surface area contributed by atoms with Crippen LogP contribution in [0.4, 0.5) is 11.6 Å². The number of thiol groups is 1. The zero-order chi connectivity index (χ0) is 108. The SMILES string of the molecule is C[C@H](CCC(=O)N[C@@H](CCC(=O)NC[C@H](O)[C@@H](O)[C@H](O)[C@H](O)CO)C(=O)N[C@@H](CCC(=O)O)C(=O)N[C@@H](CCC(=O)NC[C@H](O)[C@@H](O)[C@H](O)[C@H](O)CO)C(=O)N[C@@H](CCCNC(=N)N)C(=O)N[C@@H](CCC(=O)NC[C@H](O)[C@@H](O)[C@H](O)[C@H](O)CO)C(=O)N[C@@H](CCC(=O)O)C(=O)N[C@@H](CCC(=O)NC[C@H](O)[C@@H](O)[C@H](O)[C@H](O)CO)C(=O)N[C@H](C)CS)NC(=O)c1ccc(NCc2cnc3nc(N)[nH]c(=O)c3n2)cc1. The molecule has 3 aromatic rings. The summed E-state index contributed by atoms with van der Waals surface area (Å²) < 4.78 is 0. The molecule has 0 aliphatic heterocycles. The predicted molar refractivity (Wildman–Crippen MR) is 494 cm³/mol. The molecule has 0 radical (unpaired) electrons. The molecule has 0 unspecified atom stereocenters. The molecule has 0 saturated carbocycles. The molecule has 143 heavy (non-hydrogen) atoms. The van der Waals surface area contributed by atoms with Gasteiger partial charge < -0.3 is 204 Å². The van der Waals surface area contributed by atoms with Crippen molar-refractivity contribution in [1.82, 2.24) is 94.4 Å². The number of nitrogen functional groups attached to an aromatic ring is 1. The second kappa shape index (κ2) is 64.5. The van der Waals surface area contributed by atoms with Crippen LogP contribution in [0.2, 0.25) is 0 Å². The number of aliphatic hydroxyl groups excluding tert-OH is 20. The van der Waals surface area contributed by atoms with Crippen LogP contribution >= 0.6 is 12.6 Å². The number of aromatic amines is 1. The second-order valence-electron chi connectivity index (χ2n) is 33.3. The lowest BCUT2D eigenvalue weighted by molar-refractivity contribution is -0.139. The average Bonchev–Trinajstić information content (AvgIpc) is 0.805. The van der Waals surface area contributed by atoms with Gasteiger partial charge in [0.05, 0.1) is 69.3 Å². The van der Waals surface area contributed by atoms with Crippen LogP contribution in [0.3, 0.4) is 0 Å². The van der Waals surface area contributed by atoms with Crippen LogP contribution in [0.1, 0.15) is 133 Å². The first-order chi connectivity index (χ1) is 67.3. The lowest BCUT2D eigenvalue weighted by Gasteiger charge is -2.28. The molecule has 806 valence electrons. The Morgan fingerprint density at radius 1 is 0.392 bits per heavy atom. The Bertz CT molecular complexity index is 4680. The third-order valence-corrected chi connectivity index (χ3v) is 22.2. The Hall–Kier alpha value is -12.1. The zero-order valence-corrected chi connectivity index (χ0v) is 78.6. The molecule has 0 fully saturated rings. The first-order valence-electron chi connectivity index (χ1n) is 44.9. The Morgan fingerprint density at radius 2 is 0.699 bits per heavy atom. The highest BCUT2D eigenvalue weighted by Gasteiger charge is 2.40. The largest absolute Gasteiger partial charge is 0.481 e. The highest BCUT2D eigenvalue weighted by molar-refractivity contribution is 7.80. The van der Waals surface area contributed by atoms with Crippen LogP contribution in [0.5, 0.6) is 0 Å². The molecular formula is C82H134N22O38S. The number of anilines is 2. The van der Waals surface area contributed by atoms with Gasteiger partial charge in [0, 0.05) is 107 Å². The number of aliphatic hydroxyl groups is 20. The third kappa shape index (κ3) is 45.6. The molecule has 3 rings (SSSR count). The number of amides is 13. The summed E-state index contributed by atoms with van der Waals surface area (Å²) in [5.41, 5.74) is 11.4. The van der Waals surface area contributed by atoms with Gasteiger partial charge in [0.15, 0.2) is 17.1 Å². The molecule has 0 bridgehead atoms. The molecule has 60 nitrogen and oxygen atoms in total. The van der Waals surface area contributed by atoms with Crippen molar-refractivity contribution in [1.29, 1.82) is 5.41 Å². The number of guanidine groups is 1. The lowest BCUT2D eigenvalue weighted by atomic mass is 10.0. The molecule has 25 atom stereocenters. The van der Waals surface area contributed by atoms with Crippen molar-refractivity contribution in [2.45, 2.75) is 275 Å². The number of aliphatic carboxylic acids is 2. The Morgan fingerprint density at radius 3 is 1.02 bits per heavy atom. The number of hydrogen-bond acceptors (Lipinski definition) is 43. The molecule has 0 spiro atoms. The van der Waals surface area contributed by atoms with E-state index in [0.717, 1.165) is 0 Å². The fourth-order valence-electron chi connectivity index (χ4n) is 13.0. The number of rotatable bonds is 70. The monoisotopic (exact) mass is 2070 g/mol. The minimum atomic E-state index is -2.27. The predicted octanol–water partition coefficient (Wildman–Crippen LogP) is -18.0. The van der Waals surface area contributed by atoms with Gasteiger partial charge in [0.1, 0.15) is 116 Å². The number of nitrogens with one attached hydrogen (secondary N) is 17. The highest BCUT2D eigenvalue weighted by Crippen LogP contribution is 2.18. The van der Waals surface area contributed by atoms with Crippen LogP contribution in [-0.4, -0.2) is 444 Å². The summed E-state index contributed by atoms with van der Waals surface area (Å²) in [5, 5.41) is 264. The van der Waals surface area contributed by atoms with Crippen LogP contribution in [0, 0.1) is 5.41 Å². The van der Waals surface area contributed by atoms with E-state index in [1.54, 1.807) is 0 Å². The summed E-state index contributed by atoms with van der Waals surface area (Å²) >= 11 is 4.13. The summed E-state index contributed by atoms with van der Waals surface area (Å²) in [6.07, 6.45) is -44.8. The van der Waals surface area contributed by atoms with E-state index in [4.69, 9.17) is 16.9 Å². The molecule has 2 aromatic heterocycles. The molecule has 0 aliphatic rings. The fraction of sp³-hybridized carbons (Fsp3) is 0.659. The van der Waals surface area contributed by atoms with Crippen LogP contribution in [0.15, 0.2) is 35.3 Å². The summed E-state index contributed by atoms with van der Waals surface area (Å²) in [5.74, 6) is -20.1.